The fraction of sp³-hybridized carbons (Fsp3) is 0.636. The van der Waals surface area contributed by atoms with Gasteiger partial charge in [0.1, 0.15) is 18.2 Å². The first kappa shape index (κ1) is 24.9. The minimum Gasteiger partial charge on any atom is -0.467 e. The van der Waals surface area contributed by atoms with Gasteiger partial charge in [-0.3, -0.25) is 4.79 Å². The molecule has 1 aromatic rings. The lowest BCUT2D eigenvalue weighted by atomic mass is 10.0. The van der Waals surface area contributed by atoms with Gasteiger partial charge in [0.25, 0.3) is 5.91 Å². The second kappa shape index (κ2) is 10.1. The number of carbonyl (C=O) groups excluding carboxylic acids is 2. The van der Waals surface area contributed by atoms with Crippen molar-refractivity contribution in [3.63, 3.8) is 0 Å². The Balaban J connectivity index is 1.81. The van der Waals surface area contributed by atoms with Crippen LogP contribution in [-0.4, -0.2) is 67.6 Å². The van der Waals surface area contributed by atoms with Crippen molar-refractivity contribution in [1.29, 1.82) is 0 Å². The Morgan fingerprint density at radius 2 is 1.73 bits per heavy atom. The molecule has 180 valence electrons. The summed E-state index contributed by atoms with van der Waals surface area (Å²) in [5.41, 5.74) is 9.58. The maximum Gasteiger partial charge on any atom is 0.328 e. The Bertz CT molecular complexity index is 901. The van der Waals surface area contributed by atoms with Crippen LogP contribution >= 0.6 is 0 Å². The summed E-state index contributed by atoms with van der Waals surface area (Å²) in [6.45, 7) is 6.80. The molecule has 2 heterocycles. The summed E-state index contributed by atoms with van der Waals surface area (Å²) in [5.74, 6) is -3.19. The Morgan fingerprint density at radius 3 is 2.36 bits per heavy atom. The maximum absolute atomic E-state index is 13.3. The van der Waals surface area contributed by atoms with Gasteiger partial charge < -0.3 is 29.0 Å². The van der Waals surface area contributed by atoms with Gasteiger partial charge in [0.05, 0.1) is 19.8 Å². The molecule has 3 rings (SSSR count). The highest BCUT2D eigenvalue weighted by Crippen LogP contribution is 2.38. The SMILES string of the molecule is COC(=O)[C@@H](Cc1ccccc1)NC(=O)[C@@H]1OC(C)(C)O[C@H]1[C@H]1OC(C)(C)O[C@@H]1CN=[N+]=[N-]. The van der Waals surface area contributed by atoms with Gasteiger partial charge in [0.2, 0.25) is 0 Å². The average Bonchev–Trinajstić information content (AvgIpc) is 3.26. The number of carbonyl (C=O) groups is 2. The minimum absolute atomic E-state index is 0.00197. The lowest BCUT2D eigenvalue weighted by molar-refractivity contribution is -0.175. The van der Waals surface area contributed by atoms with E-state index in [0.717, 1.165) is 5.56 Å². The number of benzene rings is 1. The molecular weight excluding hydrogens is 432 g/mol. The molecule has 0 saturated carbocycles. The third kappa shape index (κ3) is 6.21. The maximum atomic E-state index is 13.3. The van der Waals surface area contributed by atoms with E-state index in [9.17, 15) is 9.59 Å². The number of rotatable bonds is 8. The van der Waals surface area contributed by atoms with Crippen molar-refractivity contribution in [2.24, 2.45) is 5.11 Å². The number of amides is 1. The van der Waals surface area contributed by atoms with E-state index in [-0.39, 0.29) is 13.0 Å². The summed E-state index contributed by atoms with van der Waals surface area (Å²) in [4.78, 5) is 28.5. The number of hydrogen-bond donors (Lipinski definition) is 1. The van der Waals surface area contributed by atoms with E-state index in [0.29, 0.717) is 0 Å². The molecule has 0 spiro atoms. The lowest BCUT2D eigenvalue weighted by Gasteiger charge is -2.26. The highest BCUT2D eigenvalue weighted by atomic mass is 16.8. The van der Waals surface area contributed by atoms with E-state index in [4.69, 9.17) is 29.2 Å². The molecule has 33 heavy (non-hydrogen) atoms. The summed E-state index contributed by atoms with van der Waals surface area (Å²) in [6, 6.07) is 8.35. The molecule has 1 amide bonds. The molecule has 0 radical (unpaired) electrons. The molecular formula is C22H30N4O7. The third-order valence-corrected chi connectivity index (χ3v) is 5.34. The van der Waals surface area contributed by atoms with Gasteiger partial charge in [-0.1, -0.05) is 35.4 Å². The van der Waals surface area contributed by atoms with E-state index < -0.39 is 53.9 Å². The van der Waals surface area contributed by atoms with Crippen LogP contribution in [0.5, 0.6) is 0 Å². The van der Waals surface area contributed by atoms with Crippen molar-refractivity contribution in [3.05, 3.63) is 46.3 Å². The van der Waals surface area contributed by atoms with Gasteiger partial charge in [-0.2, -0.15) is 0 Å². The van der Waals surface area contributed by atoms with Crippen LogP contribution in [-0.2, 0) is 39.7 Å². The highest BCUT2D eigenvalue weighted by molar-refractivity contribution is 5.87. The molecule has 5 atom stereocenters. The molecule has 2 fully saturated rings. The summed E-state index contributed by atoms with van der Waals surface area (Å²) >= 11 is 0. The van der Waals surface area contributed by atoms with E-state index in [2.05, 4.69) is 15.3 Å². The van der Waals surface area contributed by atoms with Crippen molar-refractivity contribution < 1.29 is 33.3 Å². The van der Waals surface area contributed by atoms with Crippen LogP contribution in [0, 0.1) is 0 Å². The molecule has 1 N–H and O–H groups in total. The van der Waals surface area contributed by atoms with Gasteiger partial charge >= 0.3 is 5.97 Å². The molecule has 2 aliphatic rings. The van der Waals surface area contributed by atoms with Gasteiger partial charge in [-0.05, 0) is 38.8 Å². The monoisotopic (exact) mass is 462 g/mol. The summed E-state index contributed by atoms with van der Waals surface area (Å²) in [7, 11) is 1.26. The molecule has 0 aromatic heterocycles. The largest absolute Gasteiger partial charge is 0.467 e. The summed E-state index contributed by atoms with van der Waals surface area (Å²) in [5, 5.41) is 6.33. The Hall–Kier alpha value is -2.69. The normalized spacial score (nSPS) is 28.5. The van der Waals surface area contributed by atoms with Crippen LogP contribution in [0.15, 0.2) is 35.4 Å². The first-order valence-electron chi connectivity index (χ1n) is 10.7. The quantitative estimate of drug-likeness (QED) is 0.270. The Morgan fingerprint density at radius 1 is 1.09 bits per heavy atom. The molecule has 0 aliphatic carbocycles. The molecule has 0 bridgehead atoms. The summed E-state index contributed by atoms with van der Waals surface area (Å²) < 4.78 is 28.7. The number of azide groups is 1. The van der Waals surface area contributed by atoms with Crippen molar-refractivity contribution in [2.75, 3.05) is 13.7 Å². The smallest absolute Gasteiger partial charge is 0.328 e. The second-order valence-electron chi connectivity index (χ2n) is 8.85. The zero-order chi connectivity index (χ0) is 24.2. The van der Waals surface area contributed by atoms with E-state index >= 15 is 0 Å². The number of hydrogen-bond acceptors (Lipinski definition) is 8. The highest BCUT2D eigenvalue weighted by Gasteiger charge is 2.55. The van der Waals surface area contributed by atoms with Crippen molar-refractivity contribution in [1.82, 2.24) is 5.32 Å². The van der Waals surface area contributed by atoms with Gasteiger partial charge in [0.15, 0.2) is 17.7 Å². The van der Waals surface area contributed by atoms with Crippen molar-refractivity contribution in [3.8, 4) is 0 Å². The average molecular weight is 463 g/mol. The van der Waals surface area contributed by atoms with Gasteiger partial charge in [0, 0.05) is 11.3 Å². The fourth-order valence-corrected chi connectivity index (χ4v) is 4.07. The predicted molar refractivity (Wildman–Crippen MR) is 116 cm³/mol. The van der Waals surface area contributed by atoms with Crippen LogP contribution in [0.3, 0.4) is 0 Å². The predicted octanol–water partition coefficient (Wildman–Crippen LogP) is 2.24. The van der Waals surface area contributed by atoms with Gasteiger partial charge in [-0.15, -0.1) is 0 Å². The molecule has 11 heteroatoms. The number of esters is 1. The molecule has 1 aromatic carbocycles. The number of nitrogens with one attached hydrogen (secondary N) is 1. The second-order valence-corrected chi connectivity index (χ2v) is 8.85. The van der Waals surface area contributed by atoms with Crippen LogP contribution in [0.1, 0.15) is 33.3 Å². The van der Waals surface area contributed by atoms with E-state index in [1.807, 2.05) is 30.3 Å². The minimum atomic E-state index is -1.10. The standard InChI is InChI=1S/C22H30N4O7/c1-21(2)30-15(12-24-26-23)16(31-21)17-18(33-22(3,4)32-17)19(27)25-14(20(28)29-5)11-13-9-7-6-8-10-13/h6-10,14-18H,11-12H2,1-5H3,(H,25,27)/t14-,15-,16+,17+,18-/m1/s1. The van der Waals surface area contributed by atoms with E-state index in [1.165, 1.54) is 7.11 Å². The molecule has 2 aliphatic heterocycles. The van der Waals surface area contributed by atoms with Crippen molar-refractivity contribution in [2.45, 2.75) is 76.1 Å². The van der Waals surface area contributed by atoms with Crippen LogP contribution in [0.25, 0.3) is 10.4 Å². The number of ether oxygens (including phenoxy) is 5. The summed E-state index contributed by atoms with van der Waals surface area (Å²) in [6.07, 6.45) is -3.10. The molecule has 11 nitrogen and oxygen atoms in total. The zero-order valence-electron chi connectivity index (χ0n) is 19.4. The van der Waals surface area contributed by atoms with Gasteiger partial charge in [-0.25, -0.2) is 4.79 Å². The van der Waals surface area contributed by atoms with Crippen LogP contribution in [0.2, 0.25) is 0 Å². The fourth-order valence-electron chi connectivity index (χ4n) is 4.07. The molecule has 0 unspecified atom stereocenters. The molecule has 2 saturated heterocycles. The van der Waals surface area contributed by atoms with Crippen LogP contribution < -0.4 is 5.32 Å². The van der Waals surface area contributed by atoms with E-state index in [1.54, 1.807) is 27.7 Å². The Kier molecular flexibility index (Phi) is 7.61. The first-order valence-corrected chi connectivity index (χ1v) is 10.7. The number of methoxy groups -OCH3 is 1. The Labute approximate surface area is 192 Å². The number of nitrogens with zero attached hydrogens (tertiary/aromatic N) is 3. The topological polar surface area (TPSA) is 141 Å². The zero-order valence-corrected chi connectivity index (χ0v) is 19.4. The van der Waals surface area contributed by atoms with Crippen LogP contribution in [0.4, 0.5) is 0 Å². The van der Waals surface area contributed by atoms with Crippen molar-refractivity contribution >= 4 is 11.9 Å². The lowest BCUT2D eigenvalue weighted by Crippen LogP contribution is -2.53. The first-order chi connectivity index (χ1) is 15.5. The third-order valence-electron chi connectivity index (χ3n) is 5.34.